The first-order valence-electron chi connectivity index (χ1n) is 12.7. The number of hydrogen-bond donors (Lipinski definition) is 1. The molecular formula is C25H39N5O4S. The Bertz CT molecular complexity index is 1080. The summed E-state index contributed by atoms with van der Waals surface area (Å²) < 4.78 is 34.6. The Balaban J connectivity index is 1.68. The van der Waals surface area contributed by atoms with Crippen LogP contribution in [0, 0.1) is 0 Å². The minimum absolute atomic E-state index is 0.121. The first-order valence-corrected chi connectivity index (χ1v) is 14.1. The summed E-state index contributed by atoms with van der Waals surface area (Å²) in [4.78, 5) is 19.8. The molecule has 3 aliphatic heterocycles. The van der Waals surface area contributed by atoms with Crippen LogP contribution in [0.1, 0.15) is 45.7 Å². The number of carbonyl (C=O) groups is 1. The minimum Gasteiger partial charge on any atom is -0.494 e. The van der Waals surface area contributed by atoms with Crippen LogP contribution in [0.5, 0.6) is 5.75 Å². The van der Waals surface area contributed by atoms with E-state index in [1.165, 1.54) is 0 Å². The molecule has 9 nitrogen and oxygen atoms in total. The molecular weight excluding hydrogens is 466 g/mol. The van der Waals surface area contributed by atoms with Gasteiger partial charge in [-0.05, 0) is 57.5 Å². The summed E-state index contributed by atoms with van der Waals surface area (Å²) in [7, 11) is -1.74. The zero-order valence-corrected chi connectivity index (χ0v) is 22.4. The van der Waals surface area contributed by atoms with E-state index < -0.39 is 16.1 Å². The second-order valence-corrected chi connectivity index (χ2v) is 11.8. The van der Waals surface area contributed by atoms with Crippen molar-refractivity contribution in [3.63, 3.8) is 0 Å². The predicted octanol–water partition coefficient (Wildman–Crippen LogP) is 1.84. The molecule has 3 aliphatic rings. The van der Waals surface area contributed by atoms with Crippen LogP contribution in [-0.2, 0) is 14.8 Å². The molecule has 0 radical (unpaired) electrons. The maximum atomic E-state index is 13.6. The van der Waals surface area contributed by atoms with Gasteiger partial charge in [-0.3, -0.25) is 14.6 Å². The lowest BCUT2D eigenvalue weighted by atomic mass is 9.97. The van der Waals surface area contributed by atoms with Gasteiger partial charge in [-0.2, -0.15) is 4.31 Å². The molecule has 1 fully saturated rings. The summed E-state index contributed by atoms with van der Waals surface area (Å²) in [6.45, 7) is 13.4. The maximum absolute atomic E-state index is 13.6. The molecule has 1 N–H and O–H groups in total. The Labute approximate surface area is 209 Å². The first kappa shape index (κ1) is 25.9. The van der Waals surface area contributed by atoms with Crippen molar-refractivity contribution in [2.75, 3.05) is 59.6 Å². The molecule has 1 amide bonds. The Hall–Kier alpha value is -2.14. The molecule has 35 heavy (non-hydrogen) atoms. The van der Waals surface area contributed by atoms with Gasteiger partial charge in [0.05, 0.1) is 24.2 Å². The van der Waals surface area contributed by atoms with Crippen LogP contribution in [-0.4, -0.2) is 99.0 Å². The fourth-order valence-corrected chi connectivity index (χ4v) is 6.81. The van der Waals surface area contributed by atoms with E-state index >= 15 is 0 Å². The number of nitrogens with one attached hydrogen (secondary N) is 1. The van der Waals surface area contributed by atoms with Crippen LogP contribution in [0.25, 0.3) is 0 Å². The molecule has 194 valence electrons. The van der Waals surface area contributed by atoms with Crippen molar-refractivity contribution in [2.45, 2.75) is 51.1 Å². The highest BCUT2D eigenvalue weighted by Gasteiger charge is 2.40. The van der Waals surface area contributed by atoms with E-state index in [-0.39, 0.29) is 10.8 Å². The van der Waals surface area contributed by atoms with Crippen LogP contribution < -0.4 is 10.1 Å². The van der Waals surface area contributed by atoms with E-state index in [9.17, 15) is 13.2 Å². The van der Waals surface area contributed by atoms with Crippen molar-refractivity contribution in [2.24, 2.45) is 0 Å². The van der Waals surface area contributed by atoms with Gasteiger partial charge < -0.3 is 15.0 Å². The number of ether oxygens (including phenoxy) is 1. The molecule has 1 aromatic rings. The molecule has 3 heterocycles. The quantitative estimate of drug-likeness (QED) is 0.577. The standard InChI is InChI=1S/C25H39N5O4S/c1-6-10-28-16-21-23(26-25(31)24(21)27(5)17-28)20-15-19(8-9-22(20)34-7-2)35(32,33)30-13-11-29(12-14-30)18(3)4/h8-9,15,18,23H,6-7,10-14,16-17H2,1-5H3,(H,26,31). The van der Waals surface area contributed by atoms with Gasteiger partial charge in [-0.25, -0.2) is 8.42 Å². The van der Waals surface area contributed by atoms with Gasteiger partial charge in [0, 0.05) is 51.4 Å². The first-order chi connectivity index (χ1) is 16.7. The zero-order valence-electron chi connectivity index (χ0n) is 21.6. The Morgan fingerprint density at radius 3 is 2.49 bits per heavy atom. The molecule has 1 atom stereocenters. The molecule has 0 spiro atoms. The van der Waals surface area contributed by atoms with Crippen LogP contribution in [0.2, 0.25) is 0 Å². The average molecular weight is 506 g/mol. The van der Waals surface area contributed by atoms with E-state index in [1.54, 1.807) is 22.5 Å². The summed E-state index contributed by atoms with van der Waals surface area (Å²) in [5.74, 6) is 0.481. The van der Waals surface area contributed by atoms with Gasteiger partial charge in [0.15, 0.2) is 0 Å². The molecule has 0 aromatic heterocycles. The number of likely N-dealkylation sites (N-methyl/N-ethyl adjacent to an activating group) is 1. The Morgan fingerprint density at radius 2 is 1.86 bits per heavy atom. The second-order valence-electron chi connectivity index (χ2n) is 9.84. The van der Waals surface area contributed by atoms with Crippen LogP contribution >= 0.6 is 0 Å². The number of nitrogens with zero attached hydrogens (tertiary/aromatic N) is 4. The highest BCUT2D eigenvalue weighted by atomic mass is 32.2. The third kappa shape index (κ3) is 5.07. The number of piperazine rings is 1. The van der Waals surface area contributed by atoms with Crippen LogP contribution in [0.15, 0.2) is 34.4 Å². The number of amides is 1. The van der Waals surface area contributed by atoms with E-state index in [2.05, 4.69) is 35.9 Å². The summed E-state index contributed by atoms with van der Waals surface area (Å²) in [5, 5.41) is 3.10. The van der Waals surface area contributed by atoms with Crippen molar-refractivity contribution in [1.82, 2.24) is 24.3 Å². The van der Waals surface area contributed by atoms with E-state index in [1.807, 2.05) is 18.9 Å². The second kappa shape index (κ2) is 10.5. The predicted molar refractivity (Wildman–Crippen MR) is 135 cm³/mol. The van der Waals surface area contributed by atoms with Crippen LogP contribution in [0.4, 0.5) is 0 Å². The topological polar surface area (TPSA) is 85.4 Å². The normalized spacial score (nSPS) is 22.6. The van der Waals surface area contributed by atoms with Gasteiger partial charge in [0.1, 0.15) is 11.4 Å². The third-order valence-corrected chi connectivity index (χ3v) is 9.00. The molecule has 4 rings (SSSR count). The summed E-state index contributed by atoms with van der Waals surface area (Å²) >= 11 is 0. The number of benzene rings is 1. The number of rotatable bonds is 8. The molecule has 0 saturated carbocycles. The molecule has 10 heteroatoms. The highest BCUT2D eigenvalue weighted by Crippen LogP contribution is 2.39. The van der Waals surface area contributed by atoms with Gasteiger partial charge in [-0.15, -0.1) is 0 Å². The van der Waals surface area contributed by atoms with Gasteiger partial charge in [0.2, 0.25) is 10.0 Å². The average Bonchev–Trinajstić information content (AvgIpc) is 3.16. The lowest BCUT2D eigenvalue weighted by molar-refractivity contribution is -0.118. The van der Waals surface area contributed by atoms with E-state index in [0.717, 1.165) is 31.6 Å². The fraction of sp³-hybridized carbons (Fsp3) is 0.640. The summed E-state index contributed by atoms with van der Waals surface area (Å²) in [5.41, 5.74) is 2.35. The van der Waals surface area contributed by atoms with Crippen molar-refractivity contribution >= 4 is 15.9 Å². The molecule has 0 aliphatic carbocycles. The molecule has 1 saturated heterocycles. The fourth-order valence-electron chi connectivity index (χ4n) is 5.36. The highest BCUT2D eigenvalue weighted by molar-refractivity contribution is 7.89. The minimum atomic E-state index is -3.67. The molecule has 1 unspecified atom stereocenters. The number of hydrogen-bond acceptors (Lipinski definition) is 7. The Kier molecular flexibility index (Phi) is 7.75. The molecule has 0 bridgehead atoms. The van der Waals surface area contributed by atoms with E-state index in [0.29, 0.717) is 56.0 Å². The lowest BCUT2D eigenvalue weighted by Crippen LogP contribution is -2.50. The van der Waals surface area contributed by atoms with E-state index in [4.69, 9.17) is 4.74 Å². The van der Waals surface area contributed by atoms with Gasteiger partial charge in [0.25, 0.3) is 5.91 Å². The largest absolute Gasteiger partial charge is 0.494 e. The van der Waals surface area contributed by atoms with Crippen molar-refractivity contribution in [3.8, 4) is 5.75 Å². The third-order valence-electron chi connectivity index (χ3n) is 7.10. The van der Waals surface area contributed by atoms with Crippen molar-refractivity contribution in [3.05, 3.63) is 35.0 Å². The monoisotopic (exact) mass is 505 g/mol. The molecule has 1 aromatic carbocycles. The summed E-state index contributed by atoms with van der Waals surface area (Å²) in [6.07, 6.45) is 1.02. The van der Waals surface area contributed by atoms with Crippen LogP contribution in [0.3, 0.4) is 0 Å². The van der Waals surface area contributed by atoms with Crippen molar-refractivity contribution in [1.29, 1.82) is 0 Å². The Morgan fingerprint density at radius 1 is 1.14 bits per heavy atom. The van der Waals surface area contributed by atoms with Gasteiger partial charge in [-0.1, -0.05) is 6.92 Å². The maximum Gasteiger partial charge on any atom is 0.268 e. The lowest BCUT2D eigenvalue weighted by Gasteiger charge is -2.36. The zero-order chi connectivity index (χ0) is 25.3. The van der Waals surface area contributed by atoms with Gasteiger partial charge >= 0.3 is 0 Å². The number of carbonyl (C=O) groups excluding carboxylic acids is 1. The SMILES string of the molecule is CCCN1CC2=C(C(=O)NC2c2cc(S(=O)(=O)N3CCN(C(C)C)CC3)ccc2OCC)N(C)C1. The number of sulfonamides is 1. The smallest absolute Gasteiger partial charge is 0.268 e. The van der Waals surface area contributed by atoms with Crippen molar-refractivity contribution < 1.29 is 17.9 Å². The summed E-state index contributed by atoms with van der Waals surface area (Å²) in [6, 6.07) is 5.04.